The van der Waals surface area contributed by atoms with Gasteiger partial charge in [0.1, 0.15) is 5.75 Å². The van der Waals surface area contributed by atoms with E-state index in [4.69, 9.17) is 9.47 Å². The molecule has 0 spiro atoms. The minimum atomic E-state index is -0.747. The van der Waals surface area contributed by atoms with E-state index < -0.39 is 6.10 Å². The van der Waals surface area contributed by atoms with Crippen molar-refractivity contribution in [1.29, 1.82) is 0 Å². The molecule has 0 aliphatic carbocycles. The molecule has 2 amide bonds. The minimum Gasteiger partial charge on any atom is -0.477 e. The van der Waals surface area contributed by atoms with Gasteiger partial charge in [-0.15, -0.1) is 0 Å². The van der Waals surface area contributed by atoms with Crippen molar-refractivity contribution in [2.24, 2.45) is 0 Å². The molecule has 2 aromatic rings. The SMILES string of the molecule is CCOCc1ccccc1CNC(=O)C1CN(C(C)=O)c2ccccc2O1. The van der Waals surface area contributed by atoms with Gasteiger partial charge < -0.3 is 19.7 Å². The van der Waals surface area contributed by atoms with Gasteiger partial charge in [-0.2, -0.15) is 0 Å². The van der Waals surface area contributed by atoms with Crippen molar-refractivity contribution in [3.63, 3.8) is 0 Å². The van der Waals surface area contributed by atoms with Gasteiger partial charge in [0.2, 0.25) is 5.91 Å². The van der Waals surface area contributed by atoms with Gasteiger partial charge in [-0.3, -0.25) is 9.59 Å². The summed E-state index contributed by atoms with van der Waals surface area (Å²) in [6, 6.07) is 15.1. The lowest BCUT2D eigenvalue weighted by molar-refractivity contribution is -0.128. The predicted octanol–water partition coefficient (Wildman–Crippen LogP) is 2.65. The molecule has 1 atom stereocenters. The molecule has 27 heavy (non-hydrogen) atoms. The van der Waals surface area contributed by atoms with Crippen LogP contribution in [0, 0.1) is 0 Å². The van der Waals surface area contributed by atoms with Gasteiger partial charge in [0.05, 0.1) is 18.8 Å². The first-order valence-electron chi connectivity index (χ1n) is 9.06. The third kappa shape index (κ3) is 4.46. The number of fused-ring (bicyclic) bond motifs is 1. The Morgan fingerprint density at radius 2 is 1.85 bits per heavy atom. The number of rotatable bonds is 6. The maximum Gasteiger partial charge on any atom is 0.263 e. The summed E-state index contributed by atoms with van der Waals surface area (Å²) in [5.74, 6) is 0.170. The lowest BCUT2D eigenvalue weighted by Gasteiger charge is -2.33. The molecule has 1 heterocycles. The van der Waals surface area contributed by atoms with E-state index in [0.29, 0.717) is 31.2 Å². The van der Waals surface area contributed by atoms with Crippen molar-refractivity contribution in [2.45, 2.75) is 33.1 Å². The summed E-state index contributed by atoms with van der Waals surface area (Å²) < 4.78 is 11.3. The van der Waals surface area contributed by atoms with E-state index in [1.54, 1.807) is 11.0 Å². The first-order chi connectivity index (χ1) is 13.1. The number of hydrogen-bond donors (Lipinski definition) is 1. The quantitative estimate of drug-likeness (QED) is 0.851. The van der Waals surface area contributed by atoms with Crippen LogP contribution in [0.15, 0.2) is 48.5 Å². The predicted molar refractivity (Wildman–Crippen MR) is 103 cm³/mol. The zero-order valence-electron chi connectivity index (χ0n) is 15.6. The van der Waals surface area contributed by atoms with E-state index in [0.717, 1.165) is 11.1 Å². The lowest BCUT2D eigenvalue weighted by Crippen LogP contribution is -2.50. The Morgan fingerprint density at radius 1 is 1.15 bits per heavy atom. The summed E-state index contributed by atoms with van der Waals surface area (Å²) in [7, 11) is 0. The van der Waals surface area contributed by atoms with Crippen molar-refractivity contribution in [2.75, 3.05) is 18.1 Å². The van der Waals surface area contributed by atoms with Crippen LogP contribution in [0.2, 0.25) is 0 Å². The highest BCUT2D eigenvalue weighted by molar-refractivity contribution is 5.95. The van der Waals surface area contributed by atoms with Crippen molar-refractivity contribution in [3.05, 3.63) is 59.7 Å². The highest BCUT2D eigenvalue weighted by atomic mass is 16.5. The molecule has 1 N–H and O–H groups in total. The molecule has 6 nitrogen and oxygen atoms in total. The van der Waals surface area contributed by atoms with Crippen LogP contribution in [-0.2, 0) is 27.5 Å². The monoisotopic (exact) mass is 368 g/mol. The summed E-state index contributed by atoms with van der Waals surface area (Å²) in [5.41, 5.74) is 2.73. The van der Waals surface area contributed by atoms with Crippen LogP contribution >= 0.6 is 0 Å². The molecule has 142 valence electrons. The number of hydrogen-bond acceptors (Lipinski definition) is 4. The molecule has 1 aliphatic heterocycles. The molecule has 6 heteroatoms. The first kappa shape index (κ1) is 18.9. The largest absolute Gasteiger partial charge is 0.477 e. The summed E-state index contributed by atoms with van der Waals surface area (Å²) in [4.78, 5) is 26.2. The van der Waals surface area contributed by atoms with Crippen molar-refractivity contribution < 1.29 is 19.1 Å². The number of nitrogens with zero attached hydrogens (tertiary/aromatic N) is 1. The van der Waals surface area contributed by atoms with E-state index in [9.17, 15) is 9.59 Å². The number of ether oxygens (including phenoxy) is 2. The van der Waals surface area contributed by atoms with Crippen LogP contribution in [0.25, 0.3) is 0 Å². The van der Waals surface area contributed by atoms with Gasteiger partial charge in [0.25, 0.3) is 5.91 Å². The van der Waals surface area contributed by atoms with Gasteiger partial charge in [-0.05, 0) is 30.2 Å². The van der Waals surface area contributed by atoms with E-state index in [2.05, 4.69) is 5.32 Å². The van der Waals surface area contributed by atoms with E-state index >= 15 is 0 Å². The zero-order chi connectivity index (χ0) is 19.2. The standard InChI is InChI=1S/C21H24N2O4/c1-3-26-14-17-9-5-4-8-16(17)12-22-21(25)20-13-23(15(2)24)18-10-6-7-11-19(18)27-20/h4-11,20H,3,12-14H2,1-2H3,(H,22,25). The maximum atomic E-state index is 12.7. The minimum absolute atomic E-state index is 0.120. The normalized spacial score (nSPS) is 15.6. The molecular weight excluding hydrogens is 344 g/mol. The molecule has 1 aliphatic rings. The van der Waals surface area contributed by atoms with Gasteiger partial charge in [0.15, 0.2) is 6.10 Å². The molecule has 2 aromatic carbocycles. The fourth-order valence-corrected chi connectivity index (χ4v) is 3.05. The lowest BCUT2D eigenvalue weighted by atomic mass is 10.1. The molecule has 1 unspecified atom stereocenters. The topological polar surface area (TPSA) is 67.9 Å². The molecule has 0 aromatic heterocycles. The Kier molecular flexibility index (Phi) is 6.08. The zero-order valence-corrected chi connectivity index (χ0v) is 15.6. The molecular formula is C21H24N2O4. The highest BCUT2D eigenvalue weighted by Crippen LogP contribution is 2.33. The Balaban J connectivity index is 1.68. The van der Waals surface area contributed by atoms with Crippen LogP contribution in [0.4, 0.5) is 5.69 Å². The van der Waals surface area contributed by atoms with Gasteiger partial charge in [-0.25, -0.2) is 0 Å². The fourth-order valence-electron chi connectivity index (χ4n) is 3.05. The smallest absolute Gasteiger partial charge is 0.263 e. The molecule has 0 saturated carbocycles. The summed E-state index contributed by atoms with van der Waals surface area (Å²) in [6.07, 6.45) is -0.747. The number of para-hydroxylation sites is 2. The van der Waals surface area contributed by atoms with E-state index in [-0.39, 0.29) is 18.4 Å². The number of anilines is 1. The van der Waals surface area contributed by atoms with Crippen LogP contribution in [0.3, 0.4) is 0 Å². The van der Waals surface area contributed by atoms with Crippen molar-refractivity contribution in [3.8, 4) is 5.75 Å². The molecule has 0 saturated heterocycles. The molecule has 0 bridgehead atoms. The van der Waals surface area contributed by atoms with Crippen LogP contribution < -0.4 is 15.0 Å². The summed E-state index contributed by atoms with van der Waals surface area (Å²) in [6.45, 7) is 5.15. The molecule has 0 fully saturated rings. The second-order valence-electron chi connectivity index (χ2n) is 6.33. The molecule has 0 radical (unpaired) electrons. The fraction of sp³-hybridized carbons (Fsp3) is 0.333. The number of carbonyl (C=O) groups excluding carboxylic acids is 2. The number of carbonyl (C=O) groups is 2. The van der Waals surface area contributed by atoms with Crippen molar-refractivity contribution >= 4 is 17.5 Å². The third-order valence-electron chi connectivity index (χ3n) is 4.48. The molecule has 3 rings (SSSR count). The average molecular weight is 368 g/mol. The average Bonchev–Trinajstić information content (AvgIpc) is 2.70. The Morgan fingerprint density at radius 3 is 2.59 bits per heavy atom. The summed E-state index contributed by atoms with van der Waals surface area (Å²) >= 11 is 0. The number of amides is 2. The Hall–Kier alpha value is -2.86. The second kappa shape index (κ2) is 8.68. The second-order valence-corrected chi connectivity index (χ2v) is 6.33. The summed E-state index contributed by atoms with van der Waals surface area (Å²) in [5, 5.41) is 2.92. The van der Waals surface area contributed by atoms with Crippen molar-refractivity contribution in [1.82, 2.24) is 5.32 Å². The Bertz CT molecular complexity index is 821. The highest BCUT2D eigenvalue weighted by Gasteiger charge is 2.32. The van der Waals surface area contributed by atoms with Gasteiger partial charge >= 0.3 is 0 Å². The van der Waals surface area contributed by atoms with Crippen LogP contribution in [0.5, 0.6) is 5.75 Å². The first-order valence-corrected chi connectivity index (χ1v) is 9.06. The van der Waals surface area contributed by atoms with Gasteiger partial charge in [0, 0.05) is 20.1 Å². The number of benzene rings is 2. The van der Waals surface area contributed by atoms with E-state index in [1.807, 2.05) is 49.4 Å². The third-order valence-corrected chi connectivity index (χ3v) is 4.48. The van der Waals surface area contributed by atoms with Gasteiger partial charge in [-0.1, -0.05) is 36.4 Å². The maximum absolute atomic E-state index is 12.7. The Labute approximate surface area is 159 Å². The number of nitrogens with one attached hydrogen (secondary N) is 1. The van der Waals surface area contributed by atoms with Crippen LogP contribution in [0.1, 0.15) is 25.0 Å². The van der Waals surface area contributed by atoms with E-state index in [1.165, 1.54) is 6.92 Å². The van der Waals surface area contributed by atoms with Crippen LogP contribution in [-0.4, -0.2) is 31.1 Å².